The van der Waals surface area contributed by atoms with Crippen molar-refractivity contribution in [2.75, 3.05) is 13.1 Å². The van der Waals surface area contributed by atoms with Gasteiger partial charge in [0.15, 0.2) is 0 Å². The standard InChI is InChI=1S/C11H12ClNO/c12-11(14)8-13-6-5-9-3-1-2-4-10(9)7-13/h1-4H,5-8H2. The van der Waals surface area contributed by atoms with Gasteiger partial charge in [-0.25, -0.2) is 0 Å². The molecular formula is C11H12ClNO. The van der Waals surface area contributed by atoms with Gasteiger partial charge in [0, 0.05) is 13.1 Å². The molecule has 0 saturated carbocycles. The molecule has 0 bridgehead atoms. The van der Waals surface area contributed by atoms with Crippen LogP contribution in [0.4, 0.5) is 0 Å². The molecular weight excluding hydrogens is 198 g/mol. The molecule has 1 aliphatic rings. The second-order valence-corrected chi connectivity index (χ2v) is 4.01. The normalized spacial score (nSPS) is 16.4. The number of rotatable bonds is 2. The molecule has 0 saturated heterocycles. The summed E-state index contributed by atoms with van der Waals surface area (Å²) < 4.78 is 0. The molecule has 0 aliphatic carbocycles. The third-order valence-corrected chi connectivity index (χ3v) is 2.68. The lowest BCUT2D eigenvalue weighted by Gasteiger charge is -2.27. The molecule has 74 valence electrons. The lowest BCUT2D eigenvalue weighted by atomic mass is 10.0. The van der Waals surface area contributed by atoms with Crippen LogP contribution in [0.1, 0.15) is 11.1 Å². The number of fused-ring (bicyclic) bond motifs is 1. The fraction of sp³-hybridized carbons (Fsp3) is 0.364. The summed E-state index contributed by atoms with van der Waals surface area (Å²) >= 11 is 5.36. The van der Waals surface area contributed by atoms with Crippen molar-refractivity contribution in [3.63, 3.8) is 0 Å². The summed E-state index contributed by atoms with van der Waals surface area (Å²) in [7, 11) is 0. The fourth-order valence-electron chi connectivity index (χ4n) is 1.86. The van der Waals surface area contributed by atoms with Gasteiger partial charge in [-0.2, -0.15) is 0 Å². The Morgan fingerprint density at radius 2 is 2.07 bits per heavy atom. The highest BCUT2D eigenvalue weighted by molar-refractivity contribution is 6.64. The molecule has 0 spiro atoms. The summed E-state index contributed by atoms with van der Waals surface area (Å²) in [5.74, 6) is 0. The van der Waals surface area contributed by atoms with Crippen molar-refractivity contribution in [3.05, 3.63) is 35.4 Å². The molecule has 0 fully saturated rings. The second-order valence-electron chi connectivity index (χ2n) is 3.58. The van der Waals surface area contributed by atoms with Gasteiger partial charge in [0.2, 0.25) is 5.24 Å². The van der Waals surface area contributed by atoms with Gasteiger partial charge in [0.25, 0.3) is 0 Å². The molecule has 0 unspecified atom stereocenters. The Hall–Kier alpha value is -0.860. The predicted octanol–water partition coefficient (Wildman–Crippen LogP) is 1.81. The summed E-state index contributed by atoms with van der Waals surface area (Å²) in [6.45, 7) is 2.12. The molecule has 0 radical (unpaired) electrons. The number of nitrogens with zero attached hydrogens (tertiary/aromatic N) is 1. The van der Waals surface area contributed by atoms with Crippen LogP contribution in [0.15, 0.2) is 24.3 Å². The maximum absolute atomic E-state index is 10.7. The number of benzene rings is 1. The van der Waals surface area contributed by atoms with E-state index in [2.05, 4.69) is 23.1 Å². The second kappa shape index (κ2) is 4.11. The van der Waals surface area contributed by atoms with Crippen LogP contribution in [0.3, 0.4) is 0 Å². The first kappa shape index (κ1) is 9.69. The minimum Gasteiger partial charge on any atom is -0.290 e. The van der Waals surface area contributed by atoms with E-state index in [1.165, 1.54) is 11.1 Å². The van der Waals surface area contributed by atoms with Crippen molar-refractivity contribution in [3.8, 4) is 0 Å². The molecule has 1 aromatic carbocycles. The van der Waals surface area contributed by atoms with Crippen molar-refractivity contribution >= 4 is 16.8 Å². The zero-order valence-corrected chi connectivity index (χ0v) is 8.63. The molecule has 0 N–H and O–H groups in total. The van der Waals surface area contributed by atoms with E-state index in [0.717, 1.165) is 19.5 Å². The fourth-order valence-corrected chi connectivity index (χ4v) is 2.03. The maximum Gasteiger partial charge on any atom is 0.235 e. The van der Waals surface area contributed by atoms with Gasteiger partial charge in [-0.15, -0.1) is 0 Å². The zero-order valence-electron chi connectivity index (χ0n) is 7.87. The number of hydrogen-bond donors (Lipinski definition) is 0. The highest BCUT2D eigenvalue weighted by atomic mass is 35.5. The zero-order chi connectivity index (χ0) is 9.97. The quantitative estimate of drug-likeness (QED) is 0.693. The summed E-state index contributed by atoms with van der Waals surface area (Å²) in [6, 6.07) is 8.35. The van der Waals surface area contributed by atoms with Gasteiger partial charge in [0.1, 0.15) is 0 Å². The van der Waals surface area contributed by atoms with Crippen LogP contribution in [0.5, 0.6) is 0 Å². The highest BCUT2D eigenvalue weighted by Gasteiger charge is 2.16. The van der Waals surface area contributed by atoms with E-state index < -0.39 is 0 Å². The Morgan fingerprint density at radius 3 is 2.79 bits per heavy atom. The summed E-state index contributed by atoms with van der Waals surface area (Å²) in [6.07, 6.45) is 1.01. The van der Waals surface area contributed by atoms with Crippen molar-refractivity contribution in [2.24, 2.45) is 0 Å². The van der Waals surface area contributed by atoms with Crippen LogP contribution in [0.25, 0.3) is 0 Å². The molecule has 3 heteroatoms. The molecule has 14 heavy (non-hydrogen) atoms. The van der Waals surface area contributed by atoms with Crippen LogP contribution in [0, 0.1) is 0 Å². The van der Waals surface area contributed by atoms with E-state index in [0.29, 0.717) is 6.54 Å². The van der Waals surface area contributed by atoms with Crippen LogP contribution in [0.2, 0.25) is 0 Å². The van der Waals surface area contributed by atoms with Gasteiger partial charge >= 0.3 is 0 Å². The van der Waals surface area contributed by atoms with E-state index in [1.54, 1.807) is 0 Å². The Balaban J connectivity index is 2.09. The molecule has 0 amide bonds. The molecule has 2 rings (SSSR count). The lowest BCUT2D eigenvalue weighted by Crippen LogP contribution is -2.33. The van der Waals surface area contributed by atoms with Gasteiger partial charge in [-0.05, 0) is 29.1 Å². The van der Waals surface area contributed by atoms with Gasteiger partial charge < -0.3 is 0 Å². The molecule has 1 aliphatic heterocycles. The Morgan fingerprint density at radius 1 is 1.36 bits per heavy atom. The monoisotopic (exact) mass is 209 g/mol. The Kier molecular flexibility index (Phi) is 2.85. The van der Waals surface area contributed by atoms with E-state index in [1.807, 2.05) is 6.07 Å². The summed E-state index contributed by atoms with van der Waals surface area (Å²) in [4.78, 5) is 12.8. The van der Waals surface area contributed by atoms with Crippen LogP contribution in [-0.2, 0) is 17.8 Å². The Labute approximate surface area is 88.5 Å². The number of carbonyl (C=O) groups excluding carboxylic acids is 1. The van der Waals surface area contributed by atoms with Gasteiger partial charge in [0.05, 0.1) is 6.54 Å². The number of hydrogen-bond acceptors (Lipinski definition) is 2. The Bertz CT molecular complexity index is 351. The molecule has 1 aromatic rings. The van der Waals surface area contributed by atoms with E-state index in [4.69, 9.17) is 11.6 Å². The van der Waals surface area contributed by atoms with Crippen molar-refractivity contribution in [1.82, 2.24) is 4.90 Å². The first-order valence-corrected chi connectivity index (χ1v) is 5.11. The predicted molar refractivity (Wildman–Crippen MR) is 56.3 cm³/mol. The van der Waals surface area contributed by atoms with Gasteiger partial charge in [-0.3, -0.25) is 9.69 Å². The summed E-state index contributed by atoms with van der Waals surface area (Å²) in [5.41, 5.74) is 2.71. The first-order chi connectivity index (χ1) is 6.75. The van der Waals surface area contributed by atoms with Crippen LogP contribution in [-0.4, -0.2) is 23.2 Å². The van der Waals surface area contributed by atoms with Crippen molar-refractivity contribution in [2.45, 2.75) is 13.0 Å². The molecule has 2 nitrogen and oxygen atoms in total. The average Bonchev–Trinajstić information content (AvgIpc) is 2.17. The van der Waals surface area contributed by atoms with Crippen LogP contribution >= 0.6 is 11.6 Å². The van der Waals surface area contributed by atoms with Gasteiger partial charge in [-0.1, -0.05) is 24.3 Å². The minimum absolute atomic E-state index is 0.274. The first-order valence-electron chi connectivity index (χ1n) is 4.73. The van der Waals surface area contributed by atoms with E-state index in [9.17, 15) is 4.79 Å². The van der Waals surface area contributed by atoms with Crippen molar-refractivity contribution in [1.29, 1.82) is 0 Å². The number of halogens is 1. The largest absolute Gasteiger partial charge is 0.290 e. The third kappa shape index (κ3) is 2.14. The highest BCUT2D eigenvalue weighted by Crippen LogP contribution is 2.18. The van der Waals surface area contributed by atoms with E-state index >= 15 is 0 Å². The lowest BCUT2D eigenvalue weighted by molar-refractivity contribution is -0.112. The maximum atomic E-state index is 10.7. The van der Waals surface area contributed by atoms with E-state index in [-0.39, 0.29) is 5.24 Å². The summed E-state index contributed by atoms with van der Waals surface area (Å²) in [5, 5.41) is -0.274. The SMILES string of the molecule is O=C(Cl)CN1CCc2ccccc2C1. The third-order valence-electron chi connectivity index (χ3n) is 2.56. The van der Waals surface area contributed by atoms with Crippen molar-refractivity contribution < 1.29 is 4.79 Å². The molecule has 1 heterocycles. The topological polar surface area (TPSA) is 20.3 Å². The molecule has 0 aromatic heterocycles. The molecule has 0 atom stereocenters. The number of carbonyl (C=O) groups is 1. The average molecular weight is 210 g/mol. The smallest absolute Gasteiger partial charge is 0.235 e. The minimum atomic E-state index is -0.274. The van der Waals surface area contributed by atoms with Crippen LogP contribution < -0.4 is 0 Å².